The third-order valence-electron chi connectivity index (χ3n) is 3.80. The number of hydrogen-bond donors (Lipinski definition) is 1. The van der Waals surface area contributed by atoms with Crippen molar-refractivity contribution >= 4 is 35.2 Å². The van der Waals surface area contributed by atoms with Crippen LogP contribution in [-0.4, -0.2) is 29.8 Å². The Morgan fingerprint density at radius 1 is 1.14 bits per heavy atom. The molecule has 148 valence electrons. The summed E-state index contributed by atoms with van der Waals surface area (Å²) in [5, 5.41) is 2.74. The van der Waals surface area contributed by atoms with Crippen molar-refractivity contribution in [1.82, 2.24) is 4.90 Å². The zero-order chi connectivity index (χ0) is 20.7. The van der Waals surface area contributed by atoms with E-state index >= 15 is 0 Å². The largest absolute Gasteiger partial charge is 0.418 e. The number of nitrogens with one attached hydrogen (secondary N) is 1. The standard InChI is InChI=1S/C20H18ClF3N2O2/c1-2-26(19(28)11-10-14-6-5-7-15(21)12-14)13-18(27)25-17-9-4-3-8-16(17)20(22,23)24/h3-12H,2,13H2,1H3,(H,25,27)/b11-10+. The first-order valence-corrected chi connectivity index (χ1v) is 8.77. The molecule has 0 aliphatic heterocycles. The lowest BCUT2D eigenvalue weighted by molar-refractivity contribution is -0.137. The lowest BCUT2D eigenvalue weighted by atomic mass is 10.1. The molecule has 1 N–H and O–H groups in total. The molecule has 0 aliphatic carbocycles. The van der Waals surface area contributed by atoms with Crippen LogP contribution in [0.4, 0.5) is 18.9 Å². The van der Waals surface area contributed by atoms with Gasteiger partial charge in [-0.05, 0) is 42.8 Å². The minimum atomic E-state index is -4.59. The van der Waals surface area contributed by atoms with Crippen molar-refractivity contribution < 1.29 is 22.8 Å². The van der Waals surface area contributed by atoms with Gasteiger partial charge in [-0.25, -0.2) is 0 Å². The molecule has 0 heterocycles. The van der Waals surface area contributed by atoms with Crippen LogP contribution < -0.4 is 5.32 Å². The fourth-order valence-electron chi connectivity index (χ4n) is 2.43. The Morgan fingerprint density at radius 3 is 2.50 bits per heavy atom. The summed E-state index contributed by atoms with van der Waals surface area (Å²) in [6.45, 7) is 1.51. The normalized spacial score (nSPS) is 11.5. The van der Waals surface area contributed by atoms with Crippen LogP contribution in [0.3, 0.4) is 0 Å². The molecule has 0 fully saturated rings. The molecule has 0 aliphatic rings. The molecule has 2 aromatic rings. The molecule has 28 heavy (non-hydrogen) atoms. The van der Waals surface area contributed by atoms with Crippen LogP contribution in [0.25, 0.3) is 6.08 Å². The number of rotatable bonds is 6. The molecule has 0 unspecified atom stereocenters. The van der Waals surface area contributed by atoms with Gasteiger partial charge in [-0.1, -0.05) is 35.9 Å². The van der Waals surface area contributed by atoms with Gasteiger partial charge in [0.2, 0.25) is 11.8 Å². The highest BCUT2D eigenvalue weighted by atomic mass is 35.5. The maximum atomic E-state index is 13.0. The highest BCUT2D eigenvalue weighted by molar-refractivity contribution is 6.30. The Kier molecular flexibility index (Phi) is 7.23. The number of carbonyl (C=O) groups excluding carboxylic acids is 2. The lowest BCUT2D eigenvalue weighted by Crippen LogP contribution is -2.37. The van der Waals surface area contributed by atoms with Crippen LogP contribution in [0, 0.1) is 0 Å². The minimum Gasteiger partial charge on any atom is -0.330 e. The predicted octanol–water partition coefficient (Wildman–Crippen LogP) is 4.86. The van der Waals surface area contributed by atoms with Gasteiger partial charge in [0.05, 0.1) is 11.3 Å². The molecule has 0 saturated heterocycles. The highest BCUT2D eigenvalue weighted by Gasteiger charge is 2.33. The second-order valence-corrected chi connectivity index (χ2v) is 6.27. The Hall–Kier alpha value is -2.80. The molecule has 0 atom stereocenters. The number of hydrogen-bond acceptors (Lipinski definition) is 2. The van der Waals surface area contributed by atoms with E-state index in [1.54, 1.807) is 37.3 Å². The first-order chi connectivity index (χ1) is 13.2. The van der Waals surface area contributed by atoms with Gasteiger partial charge in [0, 0.05) is 17.6 Å². The van der Waals surface area contributed by atoms with Crippen LogP contribution in [0.1, 0.15) is 18.1 Å². The van der Waals surface area contributed by atoms with Crippen molar-refractivity contribution in [3.05, 3.63) is 70.8 Å². The van der Waals surface area contributed by atoms with E-state index in [9.17, 15) is 22.8 Å². The number of carbonyl (C=O) groups is 2. The number of nitrogens with zero attached hydrogens (tertiary/aromatic N) is 1. The van der Waals surface area contributed by atoms with E-state index < -0.39 is 23.6 Å². The van der Waals surface area contributed by atoms with Crippen LogP contribution in [0.15, 0.2) is 54.6 Å². The molecular formula is C20H18ClF3N2O2. The number of likely N-dealkylation sites (N-methyl/N-ethyl adjacent to an activating group) is 1. The third-order valence-corrected chi connectivity index (χ3v) is 4.04. The number of anilines is 1. The van der Waals surface area contributed by atoms with E-state index in [1.165, 1.54) is 23.1 Å². The fourth-order valence-corrected chi connectivity index (χ4v) is 2.63. The molecular weight excluding hydrogens is 393 g/mol. The van der Waals surface area contributed by atoms with Crippen molar-refractivity contribution in [3.63, 3.8) is 0 Å². The highest BCUT2D eigenvalue weighted by Crippen LogP contribution is 2.34. The summed E-state index contributed by atoms with van der Waals surface area (Å²) in [7, 11) is 0. The van der Waals surface area contributed by atoms with Crippen molar-refractivity contribution in [2.75, 3.05) is 18.4 Å². The number of benzene rings is 2. The average molecular weight is 411 g/mol. The maximum absolute atomic E-state index is 13.0. The summed E-state index contributed by atoms with van der Waals surface area (Å²) in [6.07, 6.45) is -1.76. The zero-order valence-corrected chi connectivity index (χ0v) is 15.7. The molecule has 0 aromatic heterocycles. The van der Waals surface area contributed by atoms with Gasteiger partial charge in [0.15, 0.2) is 0 Å². The van der Waals surface area contributed by atoms with Crippen LogP contribution in [0.5, 0.6) is 0 Å². The third kappa shape index (κ3) is 6.13. The SMILES string of the molecule is CCN(CC(=O)Nc1ccccc1C(F)(F)F)C(=O)/C=C/c1cccc(Cl)c1. The quantitative estimate of drug-likeness (QED) is 0.691. The Morgan fingerprint density at radius 2 is 1.86 bits per heavy atom. The van der Waals surface area contributed by atoms with Gasteiger partial charge in [0.25, 0.3) is 0 Å². The van der Waals surface area contributed by atoms with Crippen molar-refractivity contribution in [2.24, 2.45) is 0 Å². The molecule has 2 rings (SSSR count). The molecule has 0 radical (unpaired) electrons. The van der Waals surface area contributed by atoms with Gasteiger partial charge >= 0.3 is 6.18 Å². The van der Waals surface area contributed by atoms with Crippen LogP contribution in [-0.2, 0) is 15.8 Å². The first-order valence-electron chi connectivity index (χ1n) is 8.39. The van der Waals surface area contributed by atoms with E-state index in [-0.39, 0.29) is 18.8 Å². The number of halogens is 4. The van der Waals surface area contributed by atoms with Gasteiger partial charge < -0.3 is 10.2 Å². The molecule has 8 heteroatoms. The van der Waals surface area contributed by atoms with Crippen molar-refractivity contribution in [1.29, 1.82) is 0 Å². The molecule has 2 amide bonds. The maximum Gasteiger partial charge on any atom is 0.418 e. The summed E-state index contributed by atoms with van der Waals surface area (Å²) in [6, 6.07) is 11.5. The van der Waals surface area contributed by atoms with Crippen LogP contribution >= 0.6 is 11.6 Å². The van der Waals surface area contributed by atoms with Crippen molar-refractivity contribution in [3.8, 4) is 0 Å². The minimum absolute atomic E-state index is 0.215. The number of para-hydroxylation sites is 1. The molecule has 2 aromatic carbocycles. The monoisotopic (exact) mass is 410 g/mol. The fraction of sp³-hybridized carbons (Fsp3) is 0.200. The first kappa shape index (κ1) is 21.5. The Balaban J connectivity index is 2.04. The van der Waals surface area contributed by atoms with E-state index in [4.69, 9.17) is 11.6 Å². The smallest absolute Gasteiger partial charge is 0.330 e. The second kappa shape index (κ2) is 9.41. The average Bonchev–Trinajstić information content (AvgIpc) is 2.64. The van der Waals surface area contributed by atoms with E-state index in [2.05, 4.69) is 5.32 Å². The summed E-state index contributed by atoms with van der Waals surface area (Å²) in [5.41, 5.74) is -0.586. The van der Waals surface area contributed by atoms with E-state index in [0.29, 0.717) is 10.6 Å². The molecule has 0 bridgehead atoms. The van der Waals surface area contributed by atoms with Gasteiger partial charge in [0.1, 0.15) is 6.54 Å². The second-order valence-electron chi connectivity index (χ2n) is 5.83. The van der Waals surface area contributed by atoms with Gasteiger partial charge in [-0.15, -0.1) is 0 Å². The van der Waals surface area contributed by atoms with Gasteiger partial charge in [-0.3, -0.25) is 9.59 Å². The van der Waals surface area contributed by atoms with E-state index in [1.807, 2.05) is 0 Å². The Labute approximate surface area is 165 Å². The number of alkyl halides is 3. The lowest BCUT2D eigenvalue weighted by Gasteiger charge is -2.19. The number of amides is 2. The Bertz CT molecular complexity index is 882. The zero-order valence-electron chi connectivity index (χ0n) is 15.0. The predicted molar refractivity (Wildman–Crippen MR) is 103 cm³/mol. The van der Waals surface area contributed by atoms with Crippen LogP contribution in [0.2, 0.25) is 5.02 Å². The summed E-state index contributed by atoms with van der Waals surface area (Å²) < 4.78 is 39.0. The van der Waals surface area contributed by atoms with E-state index in [0.717, 1.165) is 12.1 Å². The molecule has 4 nitrogen and oxygen atoms in total. The summed E-state index contributed by atoms with van der Waals surface area (Å²) >= 11 is 5.88. The topological polar surface area (TPSA) is 49.4 Å². The van der Waals surface area contributed by atoms with Crippen molar-refractivity contribution in [2.45, 2.75) is 13.1 Å². The van der Waals surface area contributed by atoms with Gasteiger partial charge in [-0.2, -0.15) is 13.2 Å². The summed E-state index contributed by atoms with van der Waals surface area (Å²) in [5.74, 6) is -1.16. The summed E-state index contributed by atoms with van der Waals surface area (Å²) in [4.78, 5) is 25.7. The molecule has 0 saturated carbocycles. The molecule has 0 spiro atoms.